The van der Waals surface area contributed by atoms with Crippen molar-refractivity contribution >= 4 is 39.3 Å². The van der Waals surface area contributed by atoms with E-state index in [9.17, 15) is 18.7 Å². The molecule has 1 amide bonds. The van der Waals surface area contributed by atoms with Gasteiger partial charge in [0.05, 0.1) is 6.54 Å². The van der Waals surface area contributed by atoms with Crippen LogP contribution >= 0.6 is 15.9 Å². The Morgan fingerprint density at radius 1 is 1.02 bits per heavy atom. The maximum Gasteiger partial charge on any atom is 0.248 e. The molecule has 1 saturated heterocycles. The number of nitrogens with zero attached hydrogens (tertiary/aromatic N) is 5. The fraction of sp³-hybridized carbons (Fsp3) is 0.233. The van der Waals surface area contributed by atoms with Crippen molar-refractivity contribution < 1.29 is 18.7 Å². The number of carbonyl (C=O) groups is 1. The smallest absolute Gasteiger partial charge is 0.248 e. The topological polar surface area (TPSA) is 86.5 Å². The maximum absolute atomic E-state index is 14.8. The number of hydrogen-bond donors (Lipinski definition) is 2. The maximum atomic E-state index is 14.8. The molecule has 0 bridgehead atoms. The average Bonchev–Trinajstić information content (AvgIpc) is 3.45. The molecule has 4 aromatic rings. The number of halogens is 3. The second kappa shape index (κ2) is 12.7. The molecular weight excluding hydrogens is 594 g/mol. The van der Waals surface area contributed by atoms with Crippen molar-refractivity contribution in [1.29, 1.82) is 0 Å². The summed E-state index contributed by atoms with van der Waals surface area (Å²) >= 11 is 3.42. The molecule has 1 aliphatic heterocycles. The Bertz CT molecular complexity index is 1510. The standard InChI is InChI=1S/C30H29BrF2N6O2/c31-23-3-1-2-22(16-23)4-11-29(40)36-25-6-8-26(9-7-25)38-14-12-37(13-15-38)18-30(41,19-39-21-34-20-35-39)27-10-5-24(32)17-28(27)33/h1-11,16-17,20-21,41H,12-15,18-19H2,(H,36,40)/b11-4+. The zero-order valence-corrected chi connectivity index (χ0v) is 23.7. The van der Waals surface area contributed by atoms with Gasteiger partial charge in [-0.15, -0.1) is 0 Å². The molecule has 8 nitrogen and oxygen atoms in total. The van der Waals surface area contributed by atoms with Crippen LogP contribution in [0.25, 0.3) is 6.08 Å². The molecule has 2 N–H and O–H groups in total. The van der Waals surface area contributed by atoms with Gasteiger partial charge in [-0.2, -0.15) is 5.10 Å². The van der Waals surface area contributed by atoms with E-state index in [0.29, 0.717) is 31.9 Å². The Balaban J connectivity index is 1.18. The van der Waals surface area contributed by atoms with E-state index in [-0.39, 0.29) is 24.6 Å². The van der Waals surface area contributed by atoms with E-state index in [1.54, 1.807) is 6.08 Å². The van der Waals surface area contributed by atoms with Crippen molar-refractivity contribution in [2.45, 2.75) is 12.1 Å². The molecule has 11 heteroatoms. The number of benzene rings is 3. The van der Waals surface area contributed by atoms with E-state index in [1.807, 2.05) is 48.5 Å². The highest BCUT2D eigenvalue weighted by Crippen LogP contribution is 2.29. The molecule has 5 rings (SSSR count). The van der Waals surface area contributed by atoms with Crippen LogP contribution in [0.4, 0.5) is 20.2 Å². The molecule has 0 saturated carbocycles. The minimum Gasteiger partial charge on any atom is -0.382 e. The van der Waals surface area contributed by atoms with Crippen LogP contribution in [-0.2, 0) is 16.9 Å². The summed E-state index contributed by atoms with van der Waals surface area (Å²) in [7, 11) is 0. The van der Waals surface area contributed by atoms with Gasteiger partial charge in [0, 0.05) is 66.3 Å². The van der Waals surface area contributed by atoms with Crippen molar-refractivity contribution in [3.63, 3.8) is 0 Å². The van der Waals surface area contributed by atoms with Crippen LogP contribution < -0.4 is 10.2 Å². The first-order valence-electron chi connectivity index (χ1n) is 13.1. The number of nitrogens with one attached hydrogen (secondary N) is 1. The number of piperazine rings is 1. The fourth-order valence-electron chi connectivity index (χ4n) is 4.93. The van der Waals surface area contributed by atoms with E-state index in [1.165, 1.54) is 29.5 Å². The predicted octanol–water partition coefficient (Wildman–Crippen LogP) is 4.68. The number of anilines is 2. The minimum atomic E-state index is -1.64. The van der Waals surface area contributed by atoms with Gasteiger partial charge in [-0.1, -0.05) is 34.1 Å². The Labute approximate surface area is 245 Å². The molecule has 1 unspecified atom stereocenters. The third-order valence-electron chi connectivity index (χ3n) is 6.96. The number of carbonyl (C=O) groups excluding carboxylic acids is 1. The SMILES string of the molecule is O=C(/C=C/c1cccc(Br)c1)Nc1ccc(N2CCN(CC(O)(Cn3cncn3)c3ccc(F)cc3F)CC2)cc1. The third-order valence-corrected chi connectivity index (χ3v) is 7.45. The van der Waals surface area contributed by atoms with Gasteiger partial charge >= 0.3 is 0 Å². The van der Waals surface area contributed by atoms with Crippen LogP contribution in [-0.4, -0.2) is 63.4 Å². The van der Waals surface area contributed by atoms with Gasteiger partial charge in [0.1, 0.15) is 29.9 Å². The molecule has 1 aliphatic rings. The number of aromatic nitrogens is 3. The summed E-state index contributed by atoms with van der Waals surface area (Å²) in [6, 6.07) is 18.5. The zero-order valence-electron chi connectivity index (χ0n) is 22.1. The quantitative estimate of drug-likeness (QED) is 0.264. The number of amides is 1. The van der Waals surface area contributed by atoms with Gasteiger partial charge in [-0.25, -0.2) is 18.4 Å². The lowest BCUT2D eigenvalue weighted by Gasteiger charge is -2.40. The summed E-state index contributed by atoms with van der Waals surface area (Å²) in [5.74, 6) is -1.73. The first-order chi connectivity index (χ1) is 19.8. The van der Waals surface area contributed by atoms with Crippen molar-refractivity contribution in [2.75, 3.05) is 42.9 Å². The van der Waals surface area contributed by atoms with Crippen LogP contribution in [0.5, 0.6) is 0 Å². The normalized spacial score (nSPS) is 15.7. The second-order valence-electron chi connectivity index (χ2n) is 9.94. The summed E-state index contributed by atoms with van der Waals surface area (Å²) < 4.78 is 30.7. The Kier molecular flexibility index (Phi) is 8.87. The summed E-state index contributed by atoms with van der Waals surface area (Å²) in [5, 5.41) is 18.6. The summed E-state index contributed by atoms with van der Waals surface area (Å²) in [6.45, 7) is 2.74. The second-order valence-corrected chi connectivity index (χ2v) is 10.9. The van der Waals surface area contributed by atoms with Gasteiger partial charge in [0.2, 0.25) is 5.91 Å². The molecule has 1 aromatic heterocycles. The molecule has 212 valence electrons. The average molecular weight is 624 g/mol. The molecule has 0 spiro atoms. The van der Waals surface area contributed by atoms with Gasteiger partial charge in [-0.05, 0) is 54.1 Å². The van der Waals surface area contributed by atoms with E-state index in [4.69, 9.17) is 0 Å². The van der Waals surface area contributed by atoms with Crippen molar-refractivity contribution in [2.24, 2.45) is 0 Å². The third kappa shape index (κ3) is 7.43. The highest BCUT2D eigenvalue weighted by molar-refractivity contribution is 9.10. The van der Waals surface area contributed by atoms with Crippen LogP contribution in [0, 0.1) is 11.6 Å². The molecule has 1 fully saturated rings. The first kappa shape index (κ1) is 28.6. The zero-order chi connectivity index (χ0) is 28.8. The van der Waals surface area contributed by atoms with E-state index in [0.717, 1.165) is 27.9 Å². The van der Waals surface area contributed by atoms with Gasteiger partial charge in [0.15, 0.2) is 0 Å². The number of rotatable bonds is 9. The molecule has 1 atom stereocenters. The first-order valence-corrected chi connectivity index (χ1v) is 13.9. The van der Waals surface area contributed by atoms with E-state index >= 15 is 0 Å². The lowest BCUT2D eigenvalue weighted by Crippen LogP contribution is -2.52. The number of hydrogen-bond acceptors (Lipinski definition) is 6. The van der Waals surface area contributed by atoms with Crippen LogP contribution in [0.2, 0.25) is 0 Å². The van der Waals surface area contributed by atoms with Crippen molar-refractivity contribution in [1.82, 2.24) is 19.7 Å². The van der Waals surface area contributed by atoms with E-state index in [2.05, 4.69) is 41.1 Å². The molecule has 2 heterocycles. The lowest BCUT2D eigenvalue weighted by atomic mass is 9.92. The number of aliphatic hydroxyl groups is 1. The Morgan fingerprint density at radius 2 is 1.80 bits per heavy atom. The predicted molar refractivity (Wildman–Crippen MR) is 157 cm³/mol. The minimum absolute atomic E-state index is 0.0148. The number of β-amino-alcohol motifs (C(OH)–C–C–N with tert-alkyl or cyclic N) is 1. The van der Waals surface area contributed by atoms with Crippen LogP contribution in [0.1, 0.15) is 11.1 Å². The summed E-state index contributed by atoms with van der Waals surface area (Å²) in [6.07, 6.45) is 6.05. The molecule has 41 heavy (non-hydrogen) atoms. The summed E-state index contributed by atoms with van der Waals surface area (Å²) in [5.41, 5.74) is 0.994. The Morgan fingerprint density at radius 3 is 2.49 bits per heavy atom. The van der Waals surface area contributed by atoms with Crippen molar-refractivity contribution in [3.8, 4) is 0 Å². The molecule has 3 aromatic carbocycles. The molecular formula is C30H29BrF2N6O2. The van der Waals surface area contributed by atoms with Crippen molar-refractivity contribution in [3.05, 3.63) is 113 Å². The summed E-state index contributed by atoms with van der Waals surface area (Å²) in [4.78, 5) is 20.5. The molecule has 0 aliphatic carbocycles. The highest BCUT2D eigenvalue weighted by atomic mass is 79.9. The highest BCUT2D eigenvalue weighted by Gasteiger charge is 2.36. The lowest BCUT2D eigenvalue weighted by molar-refractivity contribution is -0.111. The van der Waals surface area contributed by atoms with Gasteiger partial charge in [-0.3, -0.25) is 9.69 Å². The fourth-order valence-corrected chi connectivity index (χ4v) is 5.34. The van der Waals surface area contributed by atoms with E-state index < -0.39 is 17.2 Å². The van der Waals surface area contributed by atoms with Crippen LogP contribution in [0.3, 0.4) is 0 Å². The Hall–Kier alpha value is -3.93. The largest absolute Gasteiger partial charge is 0.382 e. The van der Waals surface area contributed by atoms with Gasteiger partial charge in [0.25, 0.3) is 0 Å². The van der Waals surface area contributed by atoms with Crippen LogP contribution in [0.15, 0.2) is 89.9 Å². The monoisotopic (exact) mass is 622 g/mol. The van der Waals surface area contributed by atoms with Gasteiger partial charge < -0.3 is 15.3 Å². The molecule has 0 radical (unpaired) electrons.